The highest BCUT2D eigenvalue weighted by Crippen LogP contribution is 2.26. The summed E-state index contributed by atoms with van der Waals surface area (Å²) in [4.78, 5) is 4.57. The Morgan fingerprint density at radius 3 is 2.80 bits per heavy atom. The van der Waals surface area contributed by atoms with Crippen molar-refractivity contribution in [2.45, 2.75) is 33.2 Å². The SMILES string of the molecule is CC(C)(C)[C@H]1COC(Cc2ccco2)=N1. The largest absolute Gasteiger partial charge is 0.478 e. The molecule has 82 valence electrons. The van der Waals surface area contributed by atoms with E-state index in [-0.39, 0.29) is 11.5 Å². The van der Waals surface area contributed by atoms with Crippen LogP contribution in [-0.2, 0) is 11.2 Å². The standard InChI is InChI=1S/C12H17NO2/c1-12(2,3)10-8-15-11(13-10)7-9-5-4-6-14-9/h4-6,10H,7-8H2,1-3H3/t10-/m1/s1. The normalized spacial score (nSPS) is 21.3. The van der Waals surface area contributed by atoms with Gasteiger partial charge in [0.05, 0.1) is 18.7 Å². The van der Waals surface area contributed by atoms with Gasteiger partial charge in [0.1, 0.15) is 12.4 Å². The first-order valence-electron chi connectivity index (χ1n) is 5.27. The molecule has 0 aliphatic carbocycles. The first kappa shape index (κ1) is 10.3. The second-order valence-electron chi connectivity index (χ2n) is 4.97. The van der Waals surface area contributed by atoms with Crippen LogP contribution >= 0.6 is 0 Å². The molecule has 2 rings (SSSR count). The summed E-state index contributed by atoms with van der Waals surface area (Å²) in [7, 11) is 0. The first-order chi connectivity index (χ1) is 7.05. The second-order valence-corrected chi connectivity index (χ2v) is 4.97. The van der Waals surface area contributed by atoms with E-state index in [1.54, 1.807) is 6.26 Å². The lowest BCUT2D eigenvalue weighted by molar-refractivity contribution is 0.233. The third-order valence-electron chi connectivity index (χ3n) is 2.61. The van der Waals surface area contributed by atoms with Gasteiger partial charge in [-0.05, 0) is 17.5 Å². The fourth-order valence-electron chi connectivity index (χ4n) is 1.53. The minimum absolute atomic E-state index is 0.172. The van der Waals surface area contributed by atoms with E-state index in [0.29, 0.717) is 13.0 Å². The third-order valence-corrected chi connectivity index (χ3v) is 2.61. The summed E-state index contributed by atoms with van der Waals surface area (Å²) in [6, 6.07) is 4.09. The van der Waals surface area contributed by atoms with Gasteiger partial charge in [0, 0.05) is 0 Å². The fraction of sp³-hybridized carbons (Fsp3) is 0.583. The van der Waals surface area contributed by atoms with Crippen molar-refractivity contribution in [3.63, 3.8) is 0 Å². The molecule has 0 N–H and O–H groups in total. The number of aliphatic imine (C=N–C) groups is 1. The van der Waals surface area contributed by atoms with Gasteiger partial charge in [0.25, 0.3) is 0 Å². The molecule has 0 spiro atoms. The van der Waals surface area contributed by atoms with Gasteiger partial charge < -0.3 is 9.15 Å². The summed E-state index contributed by atoms with van der Waals surface area (Å²) in [5.41, 5.74) is 0.172. The zero-order valence-electron chi connectivity index (χ0n) is 9.49. The Morgan fingerprint density at radius 2 is 2.27 bits per heavy atom. The second kappa shape index (κ2) is 3.72. The molecule has 2 heterocycles. The quantitative estimate of drug-likeness (QED) is 0.747. The van der Waals surface area contributed by atoms with Crippen molar-refractivity contribution < 1.29 is 9.15 Å². The summed E-state index contributed by atoms with van der Waals surface area (Å²) in [6.07, 6.45) is 2.34. The van der Waals surface area contributed by atoms with Crippen LogP contribution in [-0.4, -0.2) is 18.5 Å². The molecule has 15 heavy (non-hydrogen) atoms. The predicted octanol–water partition coefficient (Wildman–Crippen LogP) is 2.67. The highest BCUT2D eigenvalue weighted by atomic mass is 16.5. The molecule has 1 aliphatic heterocycles. The van der Waals surface area contributed by atoms with Gasteiger partial charge in [-0.15, -0.1) is 0 Å². The molecule has 0 fully saturated rings. The Balaban J connectivity index is 2.01. The van der Waals surface area contributed by atoms with E-state index < -0.39 is 0 Å². The fourth-order valence-corrected chi connectivity index (χ4v) is 1.53. The van der Waals surface area contributed by atoms with E-state index in [1.165, 1.54) is 0 Å². The molecule has 3 heteroatoms. The molecule has 0 bridgehead atoms. The molecule has 1 atom stereocenters. The molecule has 1 aromatic heterocycles. The highest BCUT2D eigenvalue weighted by molar-refractivity contribution is 5.79. The zero-order valence-corrected chi connectivity index (χ0v) is 9.49. The molecule has 0 unspecified atom stereocenters. The van der Waals surface area contributed by atoms with Gasteiger partial charge in [0.2, 0.25) is 0 Å². The zero-order chi connectivity index (χ0) is 10.9. The molecular weight excluding hydrogens is 190 g/mol. The van der Waals surface area contributed by atoms with Crippen LogP contribution in [0.5, 0.6) is 0 Å². The molecule has 0 saturated heterocycles. The molecule has 0 aromatic carbocycles. The van der Waals surface area contributed by atoms with Crippen LogP contribution in [0.3, 0.4) is 0 Å². The molecule has 0 saturated carbocycles. The van der Waals surface area contributed by atoms with E-state index in [1.807, 2.05) is 12.1 Å². The number of ether oxygens (including phenoxy) is 1. The van der Waals surface area contributed by atoms with E-state index in [0.717, 1.165) is 11.7 Å². The Bertz CT molecular complexity index is 346. The minimum atomic E-state index is 0.172. The van der Waals surface area contributed by atoms with Crippen LogP contribution in [0, 0.1) is 5.41 Å². The summed E-state index contributed by atoms with van der Waals surface area (Å²) < 4.78 is 10.8. The summed E-state index contributed by atoms with van der Waals surface area (Å²) in [5, 5.41) is 0. The lowest BCUT2D eigenvalue weighted by atomic mass is 9.88. The first-order valence-corrected chi connectivity index (χ1v) is 5.27. The maximum atomic E-state index is 5.56. The highest BCUT2D eigenvalue weighted by Gasteiger charge is 2.30. The Hall–Kier alpha value is -1.25. The van der Waals surface area contributed by atoms with E-state index in [4.69, 9.17) is 9.15 Å². The van der Waals surface area contributed by atoms with Crippen LogP contribution in [0.2, 0.25) is 0 Å². The summed E-state index contributed by atoms with van der Waals surface area (Å²) >= 11 is 0. The van der Waals surface area contributed by atoms with E-state index >= 15 is 0 Å². The van der Waals surface area contributed by atoms with Crippen LogP contribution in [0.4, 0.5) is 0 Å². The van der Waals surface area contributed by atoms with E-state index in [2.05, 4.69) is 25.8 Å². The van der Waals surface area contributed by atoms with Crippen molar-refractivity contribution in [1.82, 2.24) is 0 Å². The lowest BCUT2D eigenvalue weighted by Gasteiger charge is -2.21. The summed E-state index contributed by atoms with van der Waals surface area (Å²) in [6.45, 7) is 7.24. The average Bonchev–Trinajstić information content (AvgIpc) is 2.73. The Kier molecular flexibility index (Phi) is 2.55. The topological polar surface area (TPSA) is 34.7 Å². The van der Waals surface area contributed by atoms with Gasteiger partial charge in [-0.1, -0.05) is 20.8 Å². The molecule has 1 aromatic rings. The number of furan rings is 1. The number of nitrogens with zero attached hydrogens (tertiary/aromatic N) is 1. The van der Waals surface area contributed by atoms with Crippen molar-refractivity contribution in [2.24, 2.45) is 10.4 Å². The van der Waals surface area contributed by atoms with Gasteiger partial charge in [-0.3, -0.25) is 0 Å². The maximum absolute atomic E-state index is 5.56. The van der Waals surface area contributed by atoms with E-state index in [9.17, 15) is 0 Å². The lowest BCUT2D eigenvalue weighted by Crippen LogP contribution is -2.25. The number of hydrogen-bond acceptors (Lipinski definition) is 3. The van der Waals surface area contributed by atoms with Crippen molar-refractivity contribution in [3.05, 3.63) is 24.2 Å². The van der Waals surface area contributed by atoms with Crippen LogP contribution in [0.25, 0.3) is 0 Å². The van der Waals surface area contributed by atoms with Crippen molar-refractivity contribution >= 4 is 5.90 Å². The number of rotatable bonds is 2. The van der Waals surface area contributed by atoms with Crippen LogP contribution in [0.15, 0.2) is 27.8 Å². The van der Waals surface area contributed by atoms with Crippen molar-refractivity contribution in [3.8, 4) is 0 Å². The van der Waals surface area contributed by atoms with Gasteiger partial charge >= 0.3 is 0 Å². The third kappa shape index (κ3) is 2.41. The van der Waals surface area contributed by atoms with Crippen molar-refractivity contribution in [2.75, 3.05) is 6.61 Å². The minimum Gasteiger partial charge on any atom is -0.478 e. The monoisotopic (exact) mass is 207 g/mol. The molecule has 1 aliphatic rings. The van der Waals surface area contributed by atoms with Gasteiger partial charge in [-0.25, -0.2) is 4.99 Å². The van der Waals surface area contributed by atoms with Crippen molar-refractivity contribution in [1.29, 1.82) is 0 Å². The molecule has 0 radical (unpaired) electrons. The van der Waals surface area contributed by atoms with Crippen LogP contribution in [0.1, 0.15) is 26.5 Å². The summed E-state index contributed by atoms with van der Waals surface area (Å²) in [5.74, 6) is 1.70. The average molecular weight is 207 g/mol. The Labute approximate surface area is 90.1 Å². The smallest absolute Gasteiger partial charge is 0.191 e. The molecule has 0 amide bonds. The number of hydrogen-bond donors (Lipinski definition) is 0. The van der Waals surface area contributed by atoms with Gasteiger partial charge in [-0.2, -0.15) is 0 Å². The Morgan fingerprint density at radius 1 is 1.47 bits per heavy atom. The predicted molar refractivity (Wildman–Crippen MR) is 59.0 cm³/mol. The maximum Gasteiger partial charge on any atom is 0.191 e. The van der Waals surface area contributed by atoms with Crippen LogP contribution < -0.4 is 0 Å². The molecular formula is C12H17NO2. The molecule has 3 nitrogen and oxygen atoms in total. The van der Waals surface area contributed by atoms with Gasteiger partial charge in [0.15, 0.2) is 5.90 Å².